The van der Waals surface area contributed by atoms with Crippen LogP contribution in [0.5, 0.6) is 0 Å². The Hall–Kier alpha value is -1.47. The van der Waals surface area contributed by atoms with Gasteiger partial charge in [0, 0.05) is 13.3 Å². The highest BCUT2D eigenvalue weighted by molar-refractivity contribution is 7.87. The first-order chi connectivity index (χ1) is 15.1. The Kier molecular flexibility index (Phi) is 6.84. The van der Waals surface area contributed by atoms with Crippen molar-refractivity contribution in [2.75, 3.05) is 13.2 Å². The molecule has 0 spiro atoms. The summed E-state index contributed by atoms with van der Waals surface area (Å²) >= 11 is 0. The number of ether oxygens (including phenoxy) is 3. The Morgan fingerprint density at radius 1 is 1.03 bits per heavy atom. The molecule has 0 radical (unpaired) electrons. The van der Waals surface area contributed by atoms with E-state index in [1.165, 1.54) is 6.92 Å². The Balaban J connectivity index is 1.72. The quantitative estimate of drug-likeness (QED) is 0.208. The second-order valence-electron chi connectivity index (χ2n) is 9.55. The summed E-state index contributed by atoms with van der Waals surface area (Å²) in [5, 5.41) is -5.78. The predicted molar refractivity (Wildman–Crippen MR) is 104 cm³/mol. The Bertz CT molecular complexity index is 855. The second kappa shape index (κ2) is 8.63. The Morgan fingerprint density at radius 3 is 1.94 bits per heavy atom. The number of hydrogen-bond donors (Lipinski definition) is 1. The largest absolute Gasteiger partial charge is 0.461 e. The minimum atomic E-state index is -6.41. The van der Waals surface area contributed by atoms with Crippen molar-refractivity contribution >= 4 is 22.1 Å². The number of carbonyl (C=O) groups is 2. The third-order valence-corrected chi connectivity index (χ3v) is 7.89. The van der Waals surface area contributed by atoms with Crippen molar-refractivity contribution in [3.05, 3.63) is 0 Å². The van der Waals surface area contributed by atoms with Crippen LogP contribution in [-0.4, -0.2) is 55.1 Å². The number of hydrogen-bond acceptors (Lipinski definition) is 7. The molecule has 0 amide bonds. The van der Waals surface area contributed by atoms with Crippen LogP contribution in [0, 0.1) is 23.2 Å². The zero-order valence-electron chi connectivity index (χ0n) is 18.3. The van der Waals surface area contributed by atoms with Crippen molar-refractivity contribution in [1.29, 1.82) is 0 Å². The van der Waals surface area contributed by atoms with Crippen LogP contribution >= 0.6 is 0 Å². The molecule has 33 heavy (non-hydrogen) atoms. The highest BCUT2D eigenvalue weighted by Gasteiger charge is 2.65. The van der Waals surface area contributed by atoms with Gasteiger partial charge in [0.25, 0.3) is 0 Å². The van der Waals surface area contributed by atoms with Gasteiger partial charge < -0.3 is 14.2 Å². The number of esters is 2. The van der Waals surface area contributed by atoms with Crippen molar-refractivity contribution in [2.24, 2.45) is 23.2 Å². The number of alkyl halides is 4. The molecule has 1 N–H and O–H groups in total. The lowest BCUT2D eigenvalue weighted by Gasteiger charge is -2.55. The molecule has 0 heterocycles. The van der Waals surface area contributed by atoms with Gasteiger partial charge in [-0.1, -0.05) is 0 Å². The van der Waals surface area contributed by atoms with Gasteiger partial charge in [-0.25, -0.2) is 4.79 Å². The van der Waals surface area contributed by atoms with Crippen molar-refractivity contribution in [3.8, 4) is 0 Å². The third-order valence-electron chi connectivity index (χ3n) is 6.95. The van der Waals surface area contributed by atoms with E-state index in [1.54, 1.807) is 0 Å². The smallest absolute Gasteiger partial charge is 0.431 e. The van der Waals surface area contributed by atoms with E-state index < -0.39 is 57.5 Å². The Labute approximate surface area is 189 Å². The zero-order valence-corrected chi connectivity index (χ0v) is 19.1. The van der Waals surface area contributed by atoms with E-state index >= 15 is 0 Å². The van der Waals surface area contributed by atoms with Crippen molar-refractivity contribution in [2.45, 2.75) is 75.8 Å². The first-order valence-electron chi connectivity index (χ1n) is 10.8. The summed E-state index contributed by atoms with van der Waals surface area (Å²) < 4.78 is 99.4. The van der Waals surface area contributed by atoms with Crippen LogP contribution in [-0.2, 0) is 33.9 Å². The molecule has 0 aliphatic heterocycles. The van der Waals surface area contributed by atoms with Crippen LogP contribution in [0.1, 0.15) is 58.8 Å². The van der Waals surface area contributed by atoms with Crippen LogP contribution in [0.3, 0.4) is 0 Å². The lowest BCUT2D eigenvalue weighted by molar-refractivity contribution is -0.254. The van der Waals surface area contributed by atoms with Gasteiger partial charge in [0.2, 0.25) is 0 Å². The molecule has 8 nitrogen and oxygen atoms in total. The molecule has 0 aromatic carbocycles. The predicted octanol–water partition coefficient (Wildman–Crippen LogP) is 3.55. The zero-order chi connectivity index (χ0) is 24.9. The number of carbonyl (C=O) groups excluding carboxylic acids is 2. The molecule has 1 unspecified atom stereocenters. The maximum absolute atomic E-state index is 13.8. The van der Waals surface area contributed by atoms with E-state index in [0.29, 0.717) is 37.0 Å². The monoisotopic (exact) mass is 504 g/mol. The van der Waals surface area contributed by atoms with Crippen LogP contribution in [0.4, 0.5) is 17.6 Å². The highest BCUT2D eigenvalue weighted by Crippen LogP contribution is 2.60. The van der Waals surface area contributed by atoms with E-state index in [0.717, 1.165) is 26.2 Å². The molecule has 0 saturated heterocycles. The molecule has 4 fully saturated rings. The van der Waals surface area contributed by atoms with Crippen molar-refractivity contribution in [1.82, 2.24) is 0 Å². The van der Waals surface area contributed by atoms with Gasteiger partial charge in [-0.3, -0.25) is 9.35 Å². The SMILES string of the molecule is CCOC(=O)C(C)(OCCC(F)(F)C(F)(F)S(=O)(=O)O)OC(=O)C12CC3CC(CC(C3)C1)C2. The molecule has 4 aliphatic carbocycles. The average Bonchev–Trinajstić information content (AvgIpc) is 2.65. The summed E-state index contributed by atoms with van der Waals surface area (Å²) in [4.78, 5) is 25.6. The van der Waals surface area contributed by atoms with E-state index in [-0.39, 0.29) is 6.61 Å². The molecule has 4 saturated carbocycles. The maximum atomic E-state index is 13.8. The summed E-state index contributed by atoms with van der Waals surface area (Å²) in [7, 11) is -6.41. The minimum absolute atomic E-state index is 0.163. The third kappa shape index (κ3) is 4.86. The van der Waals surface area contributed by atoms with Crippen LogP contribution in [0.25, 0.3) is 0 Å². The summed E-state index contributed by atoms with van der Waals surface area (Å²) in [5.74, 6) is -8.58. The van der Waals surface area contributed by atoms with Gasteiger partial charge >= 0.3 is 39.0 Å². The lowest BCUT2D eigenvalue weighted by Crippen LogP contribution is -2.54. The van der Waals surface area contributed by atoms with Crippen LogP contribution < -0.4 is 0 Å². The second-order valence-corrected chi connectivity index (χ2v) is 11.0. The van der Waals surface area contributed by atoms with Gasteiger partial charge in [0.15, 0.2) is 0 Å². The van der Waals surface area contributed by atoms with Gasteiger partial charge in [-0.05, 0) is 63.2 Å². The number of halogens is 4. The van der Waals surface area contributed by atoms with E-state index in [2.05, 4.69) is 0 Å². The topological polar surface area (TPSA) is 116 Å². The summed E-state index contributed by atoms with van der Waals surface area (Å²) in [5.41, 5.74) is -0.826. The Morgan fingerprint density at radius 2 is 1.52 bits per heavy atom. The molecule has 0 aromatic heterocycles. The van der Waals surface area contributed by atoms with E-state index in [9.17, 15) is 35.6 Å². The van der Waals surface area contributed by atoms with Crippen LogP contribution in [0.15, 0.2) is 0 Å². The lowest BCUT2D eigenvalue weighted by atomic mass is 9.49. The van der Waals surface area contributed by atoms with Gasteiger partial charge in [0.05, 0.1) is 18.6 Å². The maximum Gasteiger partial charge on any atom is 0.431 e. The van der Waals surface area contributed by atoms with Crippen LogP contribution in [0.2, 0.25) is 0 Å². The first-order valence-corrected chi connectivity index (χ1v) is 12.3. The molecule has 13 heteroatoms. The minimum Gasteiger partial charge on any atom is -0.461 e. The van der Waals surface area contributed by atoms with Crippen molar-refractivity contribution < 1.29 is 54.3 Å². The van der Waals surface area contributed by atoms with Gasteiger partial charge in [-0.15, -0.1) is 0 Å². The number of rotatable bonds is 10. The molecular formula is C20H28F4O8S. The molecule has 4 aliphatic rings. The van der Waals surface area contributed by atoms with E-state index in [4.69, 9.17) is 18.8 Å². The summed E-state index contributed by atoms with van der Waals surface area (Å²) in [6.07, 6.45) is 2.92. The fraction of sp³-hybridized carbons (Fsp3) is 0.900. The van der Waals surface area contributed by atoms with Crippen molar-refractivity contribution in [3.63, 3.8) is 0 Å². The first kappa shape index (κ1) is 26.1. The molecule has 0 aromatic rings. The summed E-state index contributed by atoms with van der Waals surface area (Å²) in [6.45, 7) is 0.952. The highest BCUT2D eigenvalue weighted by atomic mass is 32.2. The normalized spacial score (nSPS) is 31.2. The summed E-state index contributed by atoms with van der Waals surface area (Å²) in [6, 6.07) is 0. The van der Waals surface area contributed by atoms with E-state index in [1.807, 2.05) is 0 Å². The molecule has 1 atom stereocenters. The molecule has 4 bridgehead atoms. The standard InChI is InChI=1S/C20H28F4O8S/c1-3-30-15(25)17(2,31-5-4-19(21,22)20(23,24)33(27,28)29)32-16(26)18-9-12-6-13(10-18)8-14(7-12)11-18/h12-14H,3-11H2,1-2H3,(H,27,28,29). The van der Waals surface area contributed by atoms with Gasteiger partial charge in [0.1, 0.15) is 0 Å². The fourth-order valence-corrected chi connectivity index (χ4v) is 6.23. The average molecular weight is 504 g/mol. The fourth-order valence-electron chi connectivity index (χ4n) is 5.75. The van der Waals surface area contributed by atoms with Gasteiger partial charge in [-0.2, -0.15) is 26.0 Å². The molecule has 190 valence electrons. The molecular weight excluding hydrogens is 476 g/mol. The molecule has 4 rings (SSSR count).